The van der Waals surface area contributed by atoms with Gasteiger partial charge in [0.15, 0.2) is 8.32 Å². The van der Waals surface area contributed by atoms with Gasteiger partial charge in [-0.25, -0.2) is 4.79 Å². The van der Waals surface area contributed by atoms with Crippen LogP contribution in [0.15, 0.2) is 47.1 Å². The van der Waals surface area contributed by atoms with Crippen LogP contribution in [0.4, 0.5) is 0 Å². The second-order valence-electron chi connectivity index (χ2n) is 11.7. The molecule has 0 spiro atoms. The standard InChI is InChI=1S/C31H56O3Si/c1-11-33-30(32)24-13-12-22-29(25-34-35(9,10)31(6,7)8)23-16-21-28(5)20-15-19-27(4)18-14-17-26(2)3/h13,17,19,21,24,29H,11-12,14-16,18,20,22-23,25H2,1-10H3/b24-13+,27-19+,28-21+. The highest BCUT2D eigenvalue weighted by Gasteiger charge is 2.37. The van der Waals surface area contributed by atoms with Gasteiger partial charge >= 0.3 is 5.97 Å². The number of hydrogen-bond acceptors (Lipinski definition) is 3. The van der Waals surface area contributed by atoms with Crippen LogP contribution in [-0.4, -0.2) is 27.5 Å². The summed E-state index contributed by atoms with van der Waals surface area (Å²) in [6.45, 7) is 23.4. The molecule has 0 saturated heterocycles. The lowest BCUT2D eigenvalue weighted by atomic mass is 9.97. The van der Waals surface area contributed by atoms with Crippen molar-refractivity contribution in [1.29, 1.82) is 0 Å². The smallest absolute Gasteiger partial charge is 0.330 e. The van der Waals surface area contributed by atoms with Crippen LogP contribution in [-0.2, 0) is 14.0 Å². The van der Waals surface area contributed by atoms with Crippen LogP contribution in [0.1, 0.15) is 107 Å². The molecule has 0 aliphatic carbocycles. The zero-order valence-electron chi connectivity index (χ0n) is 24.8. The molecule has 0 radical (unpaired) electrons. The molecule has 0 saturated carbocycles. The number of carbonyl (C=O) groups excluding carboxylic acids is 1. The summed E-state index contributed by atoms with van der Waals surface area (Å²) in [4.78, 5) is 11.6. The van der Waals surface area contributed by atoms with Gasteiger partial charge < -0.3 is 9.16 Å². The predicted octanol–water partition coefficient (Wildman–Crippen LogP) is 9.72. The van der Waals surface area contributed by atoms with Crippen molar-refractivity contribution in [2.24, 2.45) is 5.92 Å². The van der Waals surface area contributed by atoms with E-state index < -0.39 is 8.32 Å². The van der Waals surface area contributed by atoms with Crippen LogP contribution in [0.25, 0.3) is 0 Å². The largest absolute Gasteiger partial charge is 0.463 e. The Hall–Kier alpha value is -1.39. The second-order valence-corrected chi connectivity index (χ2v) is 16.5. The van der Waals surface area contributed by atoms with E-state index >= 15 is 0 Å². The highest BCUT2D eigenvalue weighted by Crippen LogP contribution is 2.37. The number of esters is 1. The Balaban J connectivity index is 4.77. The third-order valence-corrected chi connectivity index (χ3v) is 11.5. The molecule has 1 atom stereocenters. The lowest BCUT2D eigenvalue weighted by Crippen LogP contribution is -2.42. The summed E-state index contributed by atoms with van der Waals surface area (Å²) in [5.41, 5.74) is 4.37. The van der Waals surface area contributed by atoms with E-state index in [1.165, 1.54) is 16.7 Å². The van der Waals surface area contributed by atoms with Crippen molar-refractivity contribution in [2.45, 2.75) is 125 Å². The van der Waals surface area contributed by atoms with Crippen LogP contribution in [0, 0.1) is 5.92 Å². The van der Waals surface area contributed by atoms with Gasteiger partial charge in [-0.1, -0.05) is 61.8 Å². The van der Waals surface area contributed by atoms with Gasteiger partial charge in [-0.05, 0) is 110 Å². The van der Waals surface area contributed by atoms with Crippen LogP contribution in [0.3, 0.4) is 0 Å². The summed E-state index contributed by atoms with van der Waals surface area (Å²) in [5.74, 6) is 0.249. The van der Waals surface area contributed by atoms with Gasteiger partial charge in [0.1, 0.15) is 0 Å². The summed E-state index contributed by atoms with van der Waals surface area (Å²) in [5, 5.41) is 0.217. The molecule has 0 aromatic rings. The third-order valence-electron chi connectivity index (χ3n) is 6.96. The molecule has 0 heterocycles. The molecule has 35 heavy (non-hydrogen) atoms. The average molecular weight is 505 g/mol. The van der Waals surface area contributed by atoms with Gasteiger partial charge in [0.2, 0.25) is 0 Å². The Morgan fingerprint density at radius 2 is 1.40 bits per heavy atom. The van der Waals surface area contributed by atoms with Gasteiger partial charge in [-0.2, -0.15) is 0 Å². The van der Waals surface area contributed by atoms with Gasteiger partial charge in [0.25, 0.3) is 0 Å². The Labute approximate surface area is 219 Å². The summed E-state index contributed by atoms with van der Waals surface area (Å²) in [6.07, 6.45) is 19.3. The maximum atomic E-state index is 11.6. The minimum Gasteiger partial charge on any atom is -0.463 e. The number of allylic oxidation sites excluding steroid dienone is 7. The number of ether oxygens (including phenoxy) is 1. The van der Waals surface area contributed by atoms with E-state index in [0.717, 1.165) is 58.0 Å². The van der Waals surface area contributed by atoms with Crippen molar-refractivity contribution in [2.75, 3.05) is 13.2 Å². The first-order valence-electron chi connectivity index (χ1n) is 13.7. The average Bonchev–Trinajstić information content (AvgIpc) is 2.73. The quantitative estimate of drug-likeness (QED) is 0.0855. The zero-order valence-corrected chi connectivity index (χ0v) is 25.8. The first-order chi connectivity index (χ1) is 16.3. The first-order valence-corrected chi connectivity index (χ1v) is 16.6. The minimum absolute atomic E-state index is 0.217. The molecule has 0 aromatic carbocycles. The molecule has 0 aromatic heterocycles. The lowest BCUT2D eigenvalue weighted by molar-refractivity contribution is -0.137. The fourth-order valence-corrected chi connectivity index (χ4v) is 4.55. The SMILES string of the molecule is CCOC(=O)/C=C/CCC(CC/C=C(\C)CC/C=C(\C)CCC=C(C)C)CO[Si](C)(C)C(C)(C)C. The summed E-state index contributed by atoms with van der Waals surface area (Å²) in [7, 11) is -1.77. The second kappa shape index (κ2) is 17.9. The van der Waals surface area contributed by atoms with E-state index in [4.69, 9.17) is 9.16 Å². The van der Waals surface area contributed by atoms with Crippen molar-refractivity contribution in [3.8, 4) is 0 Å². The molecule has 0 aliphatic rings. The molecule has 0 amide bonds. The van der Waals surface area contributed by atoms with Crippen LogP contribution in [0.2, 0.25) is 18.1 Å². The lowest BCUT2D eigenvalue weighted by Gasteiger charge is -2.37. The van der Waals surface area contributed by atoms with E-state index in [2.05, 4.69) is 79.8 Å². The van der Waals surface area contributed by atoms with Crippen molar-refractivity contribution in [1.82, 2.24) is 0 Å². The Bertz CT molecular complexity index is 716. The molecule has 3 nitrogen and oxygen atoms in total. The fraction of sp³-hybridized carbons (Fsp3) is 0.710. The van der Waals surface area contributed by atoms with Gasteiger partial charge in [-0.15, -0.1) is 0 Å². The van der Waals surface area contributed by atoms with Gasteiger partial charge in [0.05, 0.1) is 6.61 Å². The fourth-order valence-electron chi connectivity index (χ4n) is 3.46. The van der Waals surface area contributed by atoms with Crippen molar-refractivity contribution in [3.63, 3.8) is 0 Å². The summed E-state index contributed by atoms with van der Waals surface area (Å²) >= 11 is 0. The molecule has 0 aliphatic heterocycles. The van der Waals surface area contributed by atoms with Crippen molar-refractivity contribution < 1.29 is 14.0 Å². The van der Waals surface area contributed by atoms with Crippen LogP contribution in [0.5, 0.6) is 0 Å². The molecule has 0 N–H and O–H groups in total. The molecule has 0 bridgehead atoms. The van der Waals surface area contributed by atoms with Crippen LogP contribution < -0.4 is 0 Å². The van der Waals surface area contributed by atoms with E-state index in [9.17, 15) is 4.79 Å². The molecular formula is C31H56O3Si. The van der Waals surface area contributed by atoms with Gasteiger partial charge in [0, 0.05) is 12.7 Å². The Morgan fingerprint density at radius 3 is 1.94 bits per heavy atom. The third kappa shape index (κ3) is 17.6. The first kappa shape index (κ1) is 33.6. The van der Waals surface area contributed by atoms with Gasteiger partial charge in [-0.3, -0.25) is 0 Å². The zero-order chi connectivity index (χ0) is 26.9. The number of carbonyl (C=O) groups is 1. The van der Waals surface area contributed by atoms with E-state index in [1.807, 2.05) is 13.0 Å². The van der Waals surface area contributed by atoms with E-state index in [0.29, 0.717) is 12.5 Å². The molecule has 0 rings (SSSR count). The monoisotopic (exact) mass is 504 g/mol. The van der Waals surface area contributed by atoms with Crippen molar-refractivity contribution >= 4 is 14.3 Å². The molecule has 4 heteroatoms. The maximum absolute atomic E-state index is 11.6. The highest BCUT2D eigenvalue weighted by molar-refractivity contribution is 6.74. The number of rotatable bonds is 17. The molecule has 1 unspecified atom stereocenters. The molecule has 202 valence electrons. The predicted molar refractivity (Wildman–Crippen MR) is 156 cm³/mol. The summed E-state index contributed by atoms with van der Waals surface area (Å²) in [6, 6.07) is 0. The molecule has 0 fully saturated rings. The molecular weight excluding hydrogens is 448 g/mol. The number of hydrogen-bond donors (Lipinski definition) is 0. The highest BCUT2D eigenvalue weighted by atomic mass is 28.4. The normalized spacial score (nSPS) is 14.3. The van der Waals surface area contributed by atoms with Crippen molar-refractivity contribution in [3.05, 3.63) is 47.1 Å². The maximum Gasteiger partial charge on any atom is 0.330 e. The van der Waals surface area contributed by atoms with E-state index in [-0.39, 0.29) is 11.0 Å². The Morgan fingerprint density at radius 1 is 0.857 bits per heavy atom. The minimum atomic E-state index is -1.77. The van der Waals surface area contributed by atoms with E-state index in [1.54, 1.807) is 6.08 Å². The Kier molecular flexibility index (Phi) is 17.2. The summed E-state index contributed by atoms with van der Waals surface area (Å²) < 4.78 is 11.5. The topological polar surface area (TPSA) is 35.5 Å². The van der Waals surface area contributed by atoms with Crippen LogP contribution >= 0.6 is 0 Å².